The van der Waals surface area contributed by atoms with Crippen molar-refractivity contribution in [3.63, 3.8) is 0 Å². The van der Waals surface area contributed by atoms with E-state index in [1.807, 2.05) is 56.3 Å². The third kappa shape index (κ3) is 5.89. The molecule has 2 amide bonds. The number of thiocarbonyl (C=S) groups is 1. The molecular formula is C24H22IN3O2S. The fourth-order valence-corrected chi connectivity index (χ4v) is 3.70. The van der Waals surface area contributed by atoms with Crippen molar-refractivity contribution in [2.75, 3.05) is 16.8 Å². The zero-order valence-electron chi connectivity index (χ0n) is 17.2. The summed E-state index contributed by atoms with van der Waals surface area (Å²) in [6.45, 7) is 4.50. The van der Waals surface area contributed by atoms with Crippen LogP contribution in [0.3, 0.4) is 0 Å². The van der Waals surface area contributed by atoms with Crippen molar-refractivity contribution in [1.29, 1.82) is 0 Å². The Kier molecular flexibility index (Phi) is 7.75. The number of nitrogens with one attached hydrogen (secondary N) is 2. The van der Waals surface area contributed by atoms with Gasteiger partial charge in [0.15, 0.2) is 5.11 Å². The van der Waals surface area contributed by atoms with Crippen LogP contribution in [-0.2, 0) is 0 Å². The molecule has 0 aliphatic carbocycles. The van der Waals surface area contributed by atoms with Gasteiger partial charge in [-0.3, -0.25) is 14.9 Å². The van der Waals surface area contributed by atoms with Crippen molar-refractivity contribution in [1.82, 2.24) is 5.32 Å². The van der Waals surface area contributed by atoms with E-state index >= 15 is 0 Å². The van der Waals surface area contributed by atoms with Gasteiger partial charge in [-0.2, -0.15) is 0 Å². The number of aryl methyl sites for hydroxylation is 1. The van der Waals surface area contributed by atoms with Crippen molar-refractivity contribution >= 4 is 63.1 Å². The summed E-state index contributed by atoms with van der Waals surface area (Å²) >= 11 is 7.45. The average Bonchev–Trinajstić information content (AvgIpc) is 2.77. The van der Waals surface area contributed by atoms with Gasteiger partial charge in [0, 0.05) is 32.6 Å². The summed E-state index contributed by atoms with van der Waals surface area (Å²) in [6, 6.07) is 22.0. The lowest BCUT2D eigenvalue weighted by Crippen LogP contribution is -2.34. The van der Waals surface area contributed by atoms with Crippen LogP contribution in [0.15, 0.2) is 72.8 Å². The predicted octanol–water partition coefficient (Wildman–Crippen LogP) is 5.39. The summed E-state index contributed by atoms with van der Waals surface area (Å²) in [5.41, 5.74) is 3.76. The van der Waals surface area contributed by atoms with Crippen LogP contribution >= 0.6 is 34.8 Å². The Labute approximate surface area is 201 Å². The first-order valence-electron chi connectivity index (χ1n) is 9.74. The van der Waals surface area contributed by atoms with Gasteiger partial charge in [-0.05, 0) is 103 Å². The molecule has 0 bridgehead atoms. The summed E-state index contributed by atoms with van der Waals surface area (Å²) in [5, 5.41) is 5.86. The lowest BCUT2D eigenvalue weighted by Gasteiger charge is -2.21. The minimum absolute atomic E-state index is 0.0786. The van der Waals surface area contributed by atoms with E-state index in [0.29, 0.717) is 23.4 Å². The van der Waals surface area contributed by atoms with Crippen LogP contribution in [0.1, 0.15) is 33.2 Å². The first-order chi connectivity index (χ1) is 14.9. The maximum atomic E-state index is 12.9. The monoisotopic (exact) mass is 543 g/mol. The van der Waals surface area contributed by atoms with Crippen LogP contribution in [0.25, 0.3) is 0 Å². The van der Waals surface area contributed by atoms with Crippen molar-refractivity contribution in [3.8, 4) is 0 Å². The number of amides is 2. The third-order valence-corrected chi connectivity index (χ3v) is 6.05. The lowest BCUT2D eigenvalue weighted by atomic mass is 10.1. The smallest absolute Gasteiger partial charge is 0.258 e. The minimum Gasteiger partial charge on any atom is -0.332 e. The highest BCUT2D eigenvalue weighted by molar-refractivity contribution is 14.1. The number of halogens is 1. The van der Waals surface area contributed by atoms with Crippen LogP contribution in [0, 0.1) is 10.5 Å². The van der Waals surface area contributed by atoms with Gasteiger partial charge in [-0.25, -0.2) is 0 Å². The van der Waals surface area contributed by atoms with Crippen LogP contribution in [0.2, 0.25) is 0 Å². The van der Waals surface area contributed by atoms with Crippen molar-refractivity contribution in [2.24, 2.45) is 0 Å². The number of hydrogen-bond acceptors (Lipinski definition) is 3. The fourth-order valence-electron chi connectivity index (χ4n) is 2.98. The van der Waals surface area contributed by atoms with Crippen LogP contribution in [0.5, 0.6) is 0 Å². The molecular weight excluding hydrogens is 521 g/mol. The molecule has 7 heteroatoms. The first kappa shape index (κ1) is 22.9. The summed E-state index contributed by atoms with van der Waals surface area (Å²) in [4.78, 5) is 27.0. The number of benzene rings is 3. The third-order valence-electron chi connectivity index (χ3n) is 4.68. The van der Waals surface area contributed by atoms with Gasteiger partial charge in [-0.15, -0.1) is 0 Å². The molecule has 3 aromatic carbocycles. The standard InChI is InChI=1S/C24H22IN3O2S/c1-3-28(20-7-5-4-6-8-20)23(30)17-11-13-19(14-12-17)26-24(31)27-22(29)18-10-9-16(2)21(25)15-18/h4-15H,3H2,1-2H3,(H2,26,27,29,31). The molecule has 3 rings (SSSR count). The quantitative estimate of drug-likeness (QED) is 0.335. The van der Waals surface area contributed by atoms with E-state index in [4.69, 9.17) is 12.2 Å². The van der Waals surface area contributed by atoms with E-state index in [1.54, 1.807) is 35.2 Å². The van der Waals surface area contributed by atoms with Gasteiger partial charge in [0.2, 0.25) is 0 Å². The molecule has 0 spiro atoms. The molecule has 0 aliphatic rings. The van der Waals surface area contributed by atoms with E-state index < -0.39 is 0 Å². The summed E-state index contributed by atoms with van der Waals surface area (Å²) in [7, 11) is 0. The molecule has 0 saturated carbocycles. The average molecular weight is 543 g/mol. The number of nitrogens with zero attached hydrogens (tertiary/aromatic N) is 1. The zero-order chi connectivity index (χ0) is 22.4. The molecule has 2 N–H and O–H groups in total. The Morgan fingerprint density at radius 2 is 1.61 bits per heavy atom. The predicted molar refractivity (Wildman–Crippen MR) is 138 cm³/mol. The zero-order valence-corrected chi connectivity index (χ0v) is 20.2. The second-order valence-electron chi connectivity index (χ2n) is 6.83. The second kappa shape index (κ2) is 10.5. The van der Waals surface area contributed by atoms with Gasteiger partial charge in [0.25, 0.3) is 11.8 Å². The molecule has 0 unspecified atom stereocenters. The number of rotatable bonds is 5. The Hall–Kier alpha value is -2.78. The van der Waals surface area contributed by atoms with Crippen LogP contribution in [-0.4, -0.2) is 23.5 Å². The SMILES string of the molecule is CCN(C(=O)c1ccc(NC(=S)NC(=O)c2ccc(C)c(I)c2)cc1)c1ccccc1. The van der Waals surface area contributed by atoms with Gasteiger partial charge >= 0.3 is 0 Å². The first-order valence-corrected chi connectivity index (χ1v) is 11.2. The minimum atomic E-state index is -0.274. The highest BCUT2D eigenvalue weighted by Crippen LogP contribution is 2.18. The Morgan fingerprint density at radius 3 is 2.23 bits per heavy atom. The molecule has 0 aliphatic heterocycles. The van der Waals surface area contributed by atoms with E-state index in [9.17, 15) is 9.59 Å². The molecule has 0 fully saturated rings. The second-order valence-corrected chi connectivity index (χ2v) is 8.40. The lowest BCUT2D eigenvalue weighted by molar-refractivity contribution is 0.0973. The van der Waals surface area contributed by atoms with Gasteiger partial charge in [0.1, 0.15) is 0 Å². The van der Waals surface area contributed by atoms with Gasteiger partial charge < -0.3 is 10.2 Å². The van der Waals surface area contributed by atoms with Crippen molar-refractivity contribution in [2.45, 2.75) is 13.8 Å². The Bertz CT molecular complexity index is 1100. The fraction of sp³-hybridized carbons (Fsp3) is 0.125. The number of carbonyl (C=O) groups excluding carboxylic acids is 2. The highest BCUT2D eigenvalue weighted by atomic mass is 127. The maximum Gasteiger partial charge on any atom is 0.258 e. The summed E-state index contributed by atoms with van der Waals surface area (Å²) in [6.07, 6.45) is 0. The molecule has 0 radical (unpaired) electrons. The van der Waals surface area contributed by atoms with E-state index in [2.05, 4.69) is 33.2 Å². The number of hydrogen-bond donors (Lipinski definition) is 2. The van der Waals surface area contributed by atoms with Crippen LogP contribution < -0.4 is 15.5 Å². The molecule has 0 saturated heterocycles. The Morgan fingerprint density at radius 1 is 0.968 bits per heavy atom. The molecule has 0 heterocycles. The number of anilines is 2. The van der Waals surface area contributed by atoms with Gasteiger partial charge in [-0.1, -0.05) is 24.3 Å². The number of carbonyl (C=O) groups is 2. The van der Waals surface area contributed by atoms with Crippen molar-refractivity contribution in [3.05, 3.63) is 93.1 Å². The molecule has 158 valence electrons. The Balaban J connectivity index is 1.63. The number of para-hydroxylation sites is 1. The van der Waals surface area contributed by atoms with Gasteiger partial charge in [0.05, 0.1) is 0 Å². The largest absolute Gasteiger partial charge is 0.332 e. The normalized spacial score (nSPS) is 10.3. The maximum absolute atomic E-state index is 12.9. The molecule has 0 atom stereocenters. The summed E-state index contributed by atoms with van der Waals surface area (Å²) < 4.78 is 1.01. The molecule has 5 nitrogen and oxygen atoms in total. The topological polar surface area (TPSA) is 61.4 Å². The molecule has 3 aromatic rings. The van der Waals surface area contributed by atoms with Crippen LogP contribution in [0.4, 0.5) is 11.4 Å². The summed E-state index contributed by atoms with van der Waals surface area (Å²) in [5.74, 6) is -0.353. The molecule has 31 heavy (non-hydrogen) atoms. The molecule has 0 aromatic heterocycles. The van der Waals surface area contributed by atoms with E-state index in [-0.39, 0.29) is 16.9 Å². The van der Waals surface area contributed by atoms with Crippen molar-refractivity contribution < 1.29 is 9.59 Å². The van der Waals surface area contributed by atoms with E-state index in [0.717, 1.165) is 14.8 Å². The van der Waals surface area contributed by atoms with E-state index in [1.165, 1.54) is 0 Å². The highest BCUT2D eigenvalue weighted by Gasteiger charge is 2.16.